The zero-order chi connectivity index (χ0) is 17.3. The van der Waals surface area contributed by atoms with Gasteiger partial charge in [0.15, 0.2) is 0 Å². The summed E-state index contributed by atoms with van der Waals surface area (Å²) in [7, 11) is 1.77. The molecule has 0 unspecified atom stereocenters. The number of anilines is 1. The van der Waals surface area contributed by atoms with E-state index in [2.05, 4.69) is 10.1 Å². The first kappa shape index (κ1) is 16.0. The molecule has 0 atom stereocenters. The Hall–Kier alpha value is -2.90. The third kappa shape index (κ3) is 2.94. The molecule has 2 N–H and O–H groups in total. The fraction of sp³-hybridized carbons (Fsp3) is 0.375. The van der Waals surface area contributed by atoms with Gasteiger partial charge in [0.25, 0.3) is 11.8 Å². The number of hydrogen-bond acceptors (Lipinski definition) is 5. The van der Waals surface area contributed by atoms with Crippen molar-refractivity contribution in [2.75, 3.05) is 31.1 Å². The summed E-state index contributed by atoms with van der Waals surface area (Å²) in [5.74, 6) is 0.0457. The molecule has 2 aromatic heterocycles. The van der Waals surface area contributed by atoms with Crippen LogP contribution in [0.2, 0.25) is 0 Å². The number of primary amides is 1. The molecule has 8 nitrogen and oxygen atoms in total. The van der Waals surface area contributed by atoms with Gasteiger partial charge in [0, 0.05) is 39.4 Å². The summed E-state index contributed by atoms with van der Waals surface area (Å²) in [6.07, 6.45) is 1.64. The number of aryl methyl sites for hydroxylation is 2. The lowest BCUT2D eigenvalue weighted by Gasteiger charge is -2.35. The summed E-state index contributed by atoms with van der Waals surface area (Å²) in [5.41, 5.74) is 7.21. The first-order valence-corrected chi connectivity index (χ1v) is 7.77. The largest absolute Gasteiger partial charge is 0.365 e. The summed E-state index contributed by atoms with van der Waals surface area (Å²) >= 11 is 0. The van der Waals surface area contributed by atoms with Crippen molar-refractivity contribution in [3.05, 3.63) is 41.3 Å². The number of amides is 2. The van der Waals surface area contributed by atoms with Gasteiger partial charge >= 0.3 is 0 Å². The van der Waals surface area contributed by atoms with Crippen molar-refractivity contribution in [3.8, 4) is 0 Å². The second-order valence-electron chi connectivity index (χ2n) is 5.81. The second kappa shape index (κ2) is 6.31. The number of pyridine rings is 1. The highest BCUT2D eigenvalue weighted by Gasteiger charge is 2.26. The van der Waals surface area contributed by atoms with Gasteiger partial charge in [0.2, 0.25) is 0 Å². The minimum Gasteiger partial charge on any atom is -0.365 e. The minimum absolute atomic E-state index is 0.0334. The molecule has 0 aromatic carbocycles. The van der Waals surface area contributed by atoms with E-state index in [1.165, 1.54) is 0 Å². The average Bonchev–Trinajstić information content (AvgIpc) is 2.92. The summed E-state index contributed by atoms with van der Waals surface area (Å²) in [4.78, 5) is 32.2. The van der Waals surface area contributed by atoms with E-state index in [-0.39, 0.29) is 5.91 Å². The van der Waals surface area contributed by atoms with Crippen molar-refractivity contribution >= 4 is 17.6 Å². The molecule has 2 amide bonds. The van der Waals surface area contributed by atoms with Crippen molar-refractivity contribution in [3.63, 3.8) is 0 Å². The highest BCUT2D eigenvalue weighted by Crippen LogP contribution is 2.19. The number of piperazine rings is 1. The number of nitrogens with two attached hydrogens (primary N) is 1. The molecular weight excluding hydrogens is 308 g/mol. The topological polar surface area (TPSA) is 97.4 Å². The minimum atomic E-state index is -0.498. The molecule has 0 radical (unpaired) electrons. The summed E-state index contributed by atoms with van der Waals surface area (Å²) < 4.78 is 1.61. The van der Waals surface area contributed by atoms with Crippen molar-refractivity contribution < 1.29 is 9.59 Å². The van der Waals surface area contributed by atoms with Crippen LogP contribution < -0.4 is 10.6 Å². The highest BCUT2D eigenvalue weighted by atomic mass is 16.2. The Kier molecular flexibility index (Phi) is 4.20. The van der Waals surface area contributed by atoms with E-state index in [1.54, 1.807) is 41.0 Å². The maximum absolute atomic E-state index is 12.6. The van der Waals surface area contributed by atoms with Gasteiger partial charge in [0.05, 0.1) is 11.3 Å². The average molecular weight is 328 g/mol. The van der Waals surface area contributed by atoms with Gasteiger partial charge in [-0.1, -0.05) is 0 Å². The van der Waals surface area contributed by atoms with Gasteiger partial charge in [0.1, 0.15) is 11.5 Å². The molecule has 0 bridgehead atoms. The maximum atomic E-state index is 12.6. The first-order chi connectivity index (χ1) is 11.5. The molecule has 3 heterocycles. The SMILES string of the molecule is Cc1cc(C(=O)N2CCN(c3ncccc3C(N)=O)CC2)n(C)n1. The first-order valence-electron chi connectivity index (χ1n) is 7.77. The zero-order valence-electron chi connectivity index (χ0n) is 13.8. The smallest absolute Gasteiger partial charge is 0.272 e. The zero-order valence-corrected chi connectivity index (χ0v) is 13.8. The monoisotopic (exact) mass is 328 g/mol. The van der Waals surface area contributed by atoms with Crippen molar-refractivity contribution in [1.82, 2.24) is 19.7 Å². The molecule has 1 fully saturated rings. The van der Waals surface area contributed by atoms with Gasteiger partial charge in [-0.3, -0.25) is 14.3 Å². The van der Waals surface area contributed by atoms with Crippen LogP contribution in [0.4, 0.5) is 5.82 Å². The van der Waals surface area contributed by atoms with E-state index in [0.29, 0.717) is 43.3 Å². The van der Waals surface area contributed by atoms with Crippen LogP contribution in [0.15, 0.2) is 24.4 Å². The fourth-order valence-electron chi connectivity index (χ4n) is 2.94. The van der Waals surface area contributed by atoms with Crippen molar-refractivity contribution in [2.24, 2.45) is 12.8 Å². The van der Waals surface area contributed by atoms with Gasteiger partial charge in [-0.15, -0.1) is 0 Å². The number of hydrogen-bond donors (Lipinski definition) is 1. The van der Waals surface area contributed by atoms with Crippen LogP contribution in [-0.2, 0) is 7.05 Å². The number of nitrogens with zero attached hydrogens (tertiary/aromatic N) is 5. The number of aromatic nitrogens is 3. The van der Waals surface area contributed by atoms with Crippen LogP contribution in [0.25, 0.3) is 0 Å². The van der Waals surface area contributed by atoms with E-state index in [1.807, 2.05) is 11.8 Å². The number of carbonyl (C=O) groups is 2. The lowest BCUT2D eigenvalue weighted by Crippen LogP contribution is -2.49. The van der Waals surface area contributed by atoms with Gasteiger partial charge in [-0.2, -0.15) is 5.10 Å². The van der Waals surface area contributed by atoms with Crippen LogP contribution in [0.1, 0.15) is 26.5 Å². The molecule has 3 rings (SSSR count). The number of carbonyl (C=O) groups excluding carboxylic acids is 2. The van der Waals surface area contributed by atoms with Crippen LogP contribution in [0, 0.1) is 6.92 Å². The van der Waals surface area contributed by atoms with Crippen molar-refractivity contribution in [2.45, 2.75) is 6.92 Å². The molecule has 1 aliphatic heterocycles. The number of rotatable bonds is 3. The van der Waals surface area contributed by atoms with Gasteiger partial charge in [-0.05, 0) is 25.1 Å². The lowest BCUT2D eigenvalue weighted by molar-refractivity contribution is 0.0734. The molecule has 2 aromatic rings. The van der Waals surface area contributed by atoms with Crippen LogP contribution >= 0.6 is 0 Å². The van der Waals surface area contributed by atoms with Crippen LogP contribution in [-0.4, -0.2) is 57.7 Å². The molecule has 0 saturated carbocycles. The maximum Gasteiger partial charge on any atom is 0.272 e. The summed E-state index contributed by atoms with van der Waals surface area (Å²) in [6.45, 7) is 4.16. The molecular formula is C16H20N6O2. The van der Waals surface area contributed by atoms with Crippen LogP contribution in [0.3, 0.4) is 0 Å². The molecule has 8 heteroatoms. The lowest BCUT2D eigenvalue weighted by atomic mass is 10.2. The molecule has 0 spiro atoms. The Labute approximate surface area is 139 Å². The summed E-state index contributed by atoms with van der Waals surface area (Å²) in [6, 6.07) is 5.15. The molecule has 1 aliphatic rings. The Morgan fingerprint density at radius 3 is 2.50 bits per heavy atom. The Bertz CT molecular complexity index is 777. The standard InChI is InChI=1S/C16H20N6O2/c1-11-10-13(20(2)19-11)16(24)22-8-6-21(7-9-22)15-12(14(17)23)4-3-5-18-15/h3-5,10H,6-9H2,1-2H3,(H2,17,23). The van der Waals surface area contributed by atoms with Crippen LogP contribution in [0.5, 0.6) is 0 Å². The third-order valence-electron chi connectivity index (χ3n) is 4.14. The molecule has 1 saturated heterocycles. The quantitative estimate of drug-likeness (QED) is 0.867. The third-order valence-corrected chi connectivity index (χ3v) is 4.14. The van der Waals surface area contributed by atoms with Crippen molar-refractivity contribution in [1.29, 1.82) is 0 Å². The fourth-order valence-corrected chi connectivity index (χ4v) is 2.94. The summed E-state index contributed by atoms with van der Waals surface area (Å²) in [5, 5.41) is 4.22. The van der Waals surface area contributed by atoms with E-state index in [4.69, 9.17) is 5.73 Å². The van der Waals surface area contributed by atoms with E-state index >= 15 is 0 Å². The molecule has 126 valence electrons. The molecule has 0 aliphatic carbocycles. The highest BCUT2D eigenvalue weighted by molar-refractivity contribution is 5.97. The van der Waals surface area contributed by atoms with E-state index < -0.39 is 5.91 Å². The predicted molar refractivity (Wildman–Crippen MR) is 88.8 cm³/mol. The van der Waals surface area contributed by atoms with Gasteiger partial charge < -0.3 is 15.5 Å². The normalized spacial score (nSPS) is 14.8. The van der Waals surface area contributed by atoms with Gasteiger partial charge in [-0.25, -0.2) is 4.98 Å². The second-order valence-corrected chi connectivity index (χ2v) is 5.81. The Morgan fingerprint density at radius 1 is 1.21 bits per heavy atom. The Morgan fingerprint density at radius 2 is 1.92 bits per heavy atom. The molecule has 24 heavy (non-hydrogen) atoms. The van der Waals surface area contributed by atoms with E-state index in [9.17, 15) is 9.59 Å². The van der Waals surface area contributed by atoms with E-state index in [0.717, 1.165) is 5.69 Å². The predicted octanol–water partition coefficient (Wildman–Crippen LogP) is 0.185. The Balaban J connectivity index is 1.71.